The van der Waals surface area contributed by atoms with Crippen molar-refractivity contribution in [2.75, 3.05) is 6.61 Å². The third-order valence-corrected chi connectivity index (χ3v) is 4.05. The standard InChI is InChI=1S/C18H20O3/c1-12-9-10-16(14(3)13(12)2)17(11-21-18(19)20)15-7-5-4-6-8-15/h4-10,17H,11H2,1-3H3,(H,19,20). The van der Waals surface area contributed by atoms with Crippen molar-refractivity contribution in [3.8, 4) is 0 Å². The van der Waals surface area contributed by atoms with Crippen molar-refractivity contribution in [1.29, 1.82) is 0 Å². The van der Waals surface area contributed by atoms with Gasteiger partial charge in [0.05, 0.1) is 0 Å². The zero-order valence-electron chi connectivity index (χ0n) is 12.6. The molecule has 0 bridgehead atoms. The monoisotopic (exact) mass is 284 g/mol. The Labute approximate surface area is 125 Å². The highest BCUT2D eigenvalue weighted by Gasteiger charge is 2.19. The van der Waals surface area contributed by atoms with E-state index in [4.69, 9.17) is 9.84 Å². The Bertz CT molecular complexity index is 632. The SMILES string of the molecule is Cc1ccc(C(COC(=O)O)c2ccccc2)c(C)c1C. The predicted octanol–water partition coefficient (Wildman–Crippen LogP) is 4.44. The van der Waals surface area contributed by atoms with Crippen LogP contribution in [0.1, 0.15) is 33.7 Å². The first kappa shape index (κ1) is 15.1. The predicted molar refractivity (Wildman–Crippen MR) is 82.9 cm³/mol. The highest BCUT2D eigenvalue weighted by molar-refractivity contribution is 5.57. The molecule has 2 aromatic carbocycles. The van der Waals surface area contributed by atoms with Gasteiger partial charge >= 0.3 is 6.16 Å². The van der Waals surface area contributed by atoms with Crippen LogP contribution in [-0.4, -0.2) is 17.9 Å². The minimum atomic E-state index is -1.24. The Balaban J connectivity index is 2.45. The number of aryl methyl sites for hydroxylation is 1. The number of benzene rings is 2. The Hall–Kier alpha value is -2.29. The third-order valence-electron chi connectivity index (χ3n) is 4.05. The van der Waals surface area contributed by atoms with Crippen LogP contribution in [0.4, 0.5) is 4.79 Å². The van der Waals surface area contributed by atoms with E-state index in [-0.39, 0.29) is 12.5 Å². The number of hydrogen-bond acceptors (Lipinski definition) is 2. The summed E-state index contributed by atoms with van der Waals surface area (Å²) in [5.74, 6) is -0.0819. The average molecular weight is 284 g/mol. The van der Waals surface area contributed by atoms with E-state index in [2.05, 4.69) is 32.9 Å². The van der Waals surface area contributed by atoms with Crippen molar-refractivity contribution >= 4 is 6.16 Å². The van der Waals surface area contributed by atoms with E-state index in [1.165, 1.54) is 16.7 Å². The molecule has 2 aromatic rings. The van der Waals surface area contributed by atoms with E-state index in [0.717, 1.165) is 11.1 Å². The Morgan fingerprint density at radius 1 is 1.05 bits per heavy atom. The van der Waals surface area contributed by atoms with Gasteiger partial charge < -0.3 is 9.84 Å². The highest BCUT2D eigenvalue weighted by atomic mass is 16.7. The van der Waals surface area contributed by atoms with Gasteiger partial charge in [-0.25, -0.2) is 4.79 Å². The lowest BCUT2D eigenvalue weighted by atomic mass is 9.86. The summed E-state index contributed by atoms with van der Waals surface area (Å²) >= 11 is 0. The van der Waals surface area contributed by atoms with E-state index in [1.807, 2.05) is 30.3 Å². The average Bonchev–Trinajstić information content (AvgIpc) is 2.48. The molecule has 0 amide bonds. The minimum absolute atomic E-state index is 0.0819. The maximum absolute atomic E-state index is 10.8. The van der Waals surface area contributed by atoms with E-state index < -0.39 is 6.16 Å². The van der Waals surface area contributed by atoms with Gasteiger partial charge in [-0.3, -0.25) is 0 Å². The molecule has 0 saturated carbocycles. The lowest BCUT2D eigenvalue weighted by Gasteiger charge is -2.21. The van der Waals surface area contributed by atoms with Gasteiger partial charge in [-0.15, -0.1) is 0 Å². The summed E-state index contributed by atoms with van der Waals surface area (Å²) < 4.78 is 4.85. The number of rotatable bonds is 4. The van der Waals surface area contributed by atoms with Crippen LogP contribution in [0.15, 0.2) is 42.5 Å². The third kappa shape index (κ3) is 3.43. The van der Waals surface area contributed by atoms with Gasteiger partial charge in [0.1, 0.15) is 6.61 Å². The van der Waals surface area contributed by atoms with E-state index in [9.17, 15) is 4.79 Å². The van der Waals surface area contributed by atoms with Crippen LogP contribution in [0.3, 0.4) is 0 Å². The summed E-state index contributed by atoms with van der Waals surface area (Å²) in [6.07, 6.45) is -1.24. The fourth-order valence-corrected chi connectivity index (χ4v) is 2.56. The van der Waals surface area contributed by atoms with Gasteiger partial charge in [0, 0.05) is 5.92 Å². The second-order valence-electron chi connectivity index (χ2n) is 5.26. The molecule has 3 heteroatoms. The summed E-state index contributed by atoms with van der Waals surface area (Å²) in [4.78, 5) is 10.8. The molecule has 110 valence electrons. The molecule has 0 aromatic heterocycles. The normalized spacial score (nSPS) is 12.0. The van der Waals surface area contributed by atoms with Gasteiger partial charge in [0.15, 0.2) is 0 Å². The Morgan fingerprint density at radius 3 is 2.33 bits per heavy atom. The van der Waals surface area contributed by atoms with Gasteiger partial charge in [-0.05, 0) is 48.6 Å². The van der Waals surface area contributed by atoms with Gasteiger partial charge in [0.2, 0.25) is 0 Å². The molecule has 0 spiro atoms. The van der Waals surface area contributed by atoms with Gasteiger partial charge in [-0.2, -0.15) is 0 Å². The molecule has 3 nitrogen and oxygen atoms in total. The molecule has 0 saturated heterocycles. The first-order valence-corrected chi connectivity index (χ1v) is 6.98. The molecule has 0 heterocycles. The molecule has 0 aliphatic rings. The van der Waals surface area contributed by atoms with Crippen LogP contribution in [0, 0.1) is 20.8 Å². The summed E-state index contributed by atoms with van der Waals surface area (Å²) in [7, 11) is 0. The van der Waals surface area contributed by atoms with Crippen LogP contribution in [0.2, 0.25) is 0 Å². The summed E-state index contributed by atoms with van der Waals surface area (Å²) in [6.45, 7) is 6.38. The second-order valence-corrected chi connectivity index (χ2v) is 5.26. The zero-order chi connectivity index (χ0) is 15.4. The summed E-state index contributed by atoms with van der Waals surface area (Å²) in [5.41, 5.74) is 5.85. The maximum Gasteiger partial charge on any atom is 0.505 e. The van der Waals surface area contributed by atoms with Crippen molar-refractivity contribution in [3.63, 3.8) is 0 Å². The highest BCUT2D eigenvalue weighted by Crippen LogP contribution is 2.30. The maximum atomic E-state index is 10.8. The van der Waals surface area contributed by atoms with Crippen molar-refractivity contribution < 1.29 is 14.6 Å². The number of carbonyl (C=O) groups is 1. The topological polar surface area (TPSA) is 46.5 Å². The fraction of sp³-hybridized carbons (Fsp3) is 0.278. The molecule has 1 N–H and O–H groups in total. The molecule has 0 aliphatic carbocycles. The van der Waals surface area contributed by atoms with Gasteiger partial charge in [-0.1, -0.05) is 42.5 Å². The van der Waals surface area contributed by atoms with Crippen molar-refractivity contribution in [3.05, 3.63) is 70.3 Å². The molecule has 1 atom stereocenters. The van der Waals surface area contributed by atoms with Crippen LogP contribution >= 0.6 is 0 Å². The molecule has 0 aliphatic heterocycles. The summed E-state index contributed by atoms with van der Waals surface area (Å²) in [5, 5.41) is 8.80. The van der Waals surface area contributed by atoms with E-state index in [0.29, 0.717) is 0 Å². The summed E-state index contributed by atoms with van der Waals surface area (Å²) in [6, 6.07) is 14.0. The molecule has 0 radical (unpaired) electrons. The first-order valence-electron chi connectivity index (χ1n) is 6.98. The first-order chi connectivity index (χ1) is 10.0. The molecule has 0 fully saturated rings. The quantitative estimate of drug-likeness (QED) is 0.844. The van der Waals surface area contributed by atoms with Crippen molar-refractivity contribution in [1.82, 2.24) is 0 Å². The Kier molecular flexibility index (Phi) is 4.63. The molecule has 2 rings (SSSR count). The molecular weight excluding hydrogens is 264 g/mol. The van der Waals surface area contributed by atoms with E-state index in [1.54, 1.807) is 0 Å². The number of hydrogen-bond donors (Lipinski definition) is 1. The largest absolute Gasteiger partial charge is 0.505 e. The number of carboxylic acid groups (broad SMARTS) is 1. The van der Waals surface area contributed by atoms with Crippen LogP contribution < -0.4 is 0 Å². The van der Waals surface area contributed by atoms with E-state index >= 15 is 0 Å². The molecular formula is C18H20O3. The second kappa shape index (κ2) is 6.44. The lowest BCUT2D eigenvalue weighted by molar-refractivity contribution is 0.0888. The van der Waals surface area contributed by atoms with Crippen LogP contribution in [0.25, 0.3) is 0 Å². The zero-order valence-corrected chi connectivity index (χ0v) is 12.6. The lowest BCUT2D eigenvalue weighted by Crippen LogP contribution is -2.14. The van der Waals surface area contributed by atoms with Crippen molar-refractivity contribution in [2.45, 2.75) is 26.7 Å². The van der Waals surface area contributed by atoms with Crippen LogP contribution in [-0.2, 0) is 4.74 Å². The van der Waals surface area contributed by atoms with Gasteiger partial charge in [0.25, 0.3) is 0 Å². The fourth-order valence-electron chi connectivity index (χ4n) is 2.56. The van der Waals surface area contributed by atoms with Crippen molar-refractivity contribution in [2.24, 2.45) is 0 Å². The molecule has 1 unspecified atom stereocenters. The Morgan fingerprint density at radius 2 is 1.71 bits per heavy atom. The number of ether oxygens (including phenoxy) is 1. The van der Waals surface area contributed by atoms with Crippen LogP contribution in [0.5, 0.6) is 0 Å². The smallest absolute Gasteiger partial charge is 0.450 e. The minimum Gasteiger partial charge on any atom is -0.450 e. The molecule has 21 heavy (non-hydrogen) atoms.